The van der Waals surface area contributed by atoms with Crippen molar-refractivity contribution in [1.82, 2.24) is 14.8 Å². The molecule has 3 aromatic rings. The maximum Gasteiger partial charge on any atom is 0.339 e. The van der Waals surface area contributed by atoms with Crippen molar-refractivity contribution in [3.8, 4) is 0 Å². The number of aromatic nitrogens is 3. The number of carbonyl (C=O) groups is 2. The summed E-state index contributed by atoms with van der Waals surface area (Å²) < 4.78 is 7.28. The molecule has 0 aliphatic carbocycles. The lowest BCUT2D eigenvalue weighted by Gasteiger charge is -2.22. The van der Waals surface area contributed by atoms with Crippen LogP contribution in [0.3, 0.4) is 0 Å². The molecule has 1 atom stereocenters. The molecular weight excluding hydrogens is 392 g/mol. The Balaban J connectivity index is 1.58. The summed E-state index contributed by atoms with van der Waals surface area (Å²) >= 11 is 0. The summed E-state index contributed by atoms with van der Waals surface area (Å²) in [5.41, 5.74) is 3.86. The van der Waals surface area contributed by atoms with Gasteiger partial charge in [-0.25, -0.2) is 14.5 Å². The van der Waals surface area contributed by atoms with E-state index >= 15 is 0 Å². The van der Waals surface area contributed by atoms with Gasteiger partial charge in [0.15, 0.2) is 12.3 Å². The van der Waals surface area contributed by atoms with E-state index in [1.54, 1.807) is 21.8 Å². The van der Waals surface area contributed by atoms with Crippen LogP contribution >= 0.6 is 0 Å². The second kappa shape index (κ2) is 8.13. The SMILES string of the molecule is CC(C)c1cc(C(=O)OCC(=O)N2c3ccccc3C[C@@H]2C)c2cnn(C(C)C)c2n1. The molecule has 0 radical (unpaired) electrons. The second-order valence-corrected chi connectivity index (χ2v) is 8.69. The molecule has 0 bridgehead atoms. The van der Waals surface area contributed by atoms with E-state index in [1.807, 2.05) is 58.9 Å². The summed E-state index contributed by atoms with van der Waals surface area (Å²) in [6.45, 7) is 9.77. The smallest absolute Gasteiger partial charge is 0.339 e. The zero-order chi connectivity index (χ0) is 22.3. The monoisotopic (exact) mass is 420 g/mol. The number of nitrogens with zero attached hydrogens (tertiary/aromatic N) is 4. The molecule has 1 aliphatic heterocycles. The van der Waals surface area contributed by atoms with Crippen molar-refractivity contribution in [1.29, 1.82) is 0 Å². The fraction of sp³-hybridized carbons (Fsp3) is 0.417. The van der Waals surface area contributed by atoms with E-state index in [1.165, 1.54) is 0 Å². The fourth-order valence-corrected chi connectivity index (χ4v) is 4.10. The second-order valence-electron chi connectivity index (χ2n) is 8.69. The molecule has 1 aliphatic rings. The van der Waals surface area contributed by atoms with Crippen molar-refractivity contribution in [2.24, 2.45) is 0 Å². The number of amides is 1. The Morgan fingerprint density at radius 1 is 1.19 bits per heavy atom. The summed E-state index contributed by atoms with van der Waals surface area (Å²) in [6, 6.07) is 9.73. The maximum absolute atomic E-state index is 13.0. The van der Waals surface area contributed by atoms with Crippen LogP contribution in [0.15, 0.2) is 36.5 Å². The molecule has 0 saturated heterocycles. The molecule has 0 fully saturated rings. The number of anilines is 1. The van der Waals surface area contributed by atoms with E-state index in [-0.39, 0.29) is 30.5 Å². The first kappa shape index (κ1) is 21.0. The van der Waals surface area contributed by atoms with E-state index in [0.717, 1.165) is 23.4 Å². The molecule has 0 N–H and O–H groups in total. The predicted molar refractivity (Wildman–Crippen MR) is 119 cm³/mol. The highest BCUT2D eigenvalue weighted by molar-refractivity contribution is 6.04. The minimum atomic E-state index is -0.536. The van der Waals surface area contributed by atoms with E-state index in [9.17, 15) is 9.59 Å². The van der Waals surface area contributed by atoms with Crippen molar-refractivity contribution in [2.75, 3.05) is 11.5 Å². The van der Waals surface area contributed by atoms with Gasteiger partial charge in [-0.05, 0) is 50.8 Å². The summed E-state index contributed by atoms with van der Waals surface area (Å²) in [5, 5.41) is 5.04. The lowest BCUT2D eigenvalue weighted by atomic mass is 10.1. The molecule has 162 valence electrons. The van der Waals surface area contributed by atoms with Crippen molar-refractivity contribution < 1.29 is 14.3 Å². The van der Waals surface area contributed by atoms with Gasteiger partial charge in [0.1, 0.15) is 0 Å². The number of benzene rings is 1. The highest BCUT2D eigenvalue weighted by atomic mass is 16.5. The molecule has 7 heteroatoms. The largest absolute Gasteiger partial charge is 0.452 e. The third-order valence-electron chi connectivity index (χ3n) is 5.69. The average molecular weight is 421 g/mol. The summed E-state index contributed by atoms with van der Waals surface area (Å²) in [5.74, 6) is -0.626. The fourth-order valence-electron chi connectivity index (χ4n) is 4.10. The number of fused-ring (bicyclic) bond motifs is 2. The Morgan fingerprint density at radius 2 is 1.94 bits per heavy atom. The van der Waals surface area contributed by atoms with Crippen LogP contribution in [0.25, 0.3) is 11.0 Å². The van der Waals surface area contributed by atoms with Crippen LogP contribution in [-0.4, -0.2) is 39.3 Å². The highest BCUT2D eigenvalue weighted by Crippen LogP contribution is 2.32. The van der Waals surface area contributed by atoms with Gasteiger partial charge in [-0.15, -0.1) is 0 Å². The van der Waals surface area contributed by atoms with Crippen molar-refractivity contribution in [3.05, 3.63) is 53.3 Å². The summed E-state index contributed by atoms with van der Waals surface area (Å²) in [4.78, 5) is 32.3. The first-order chi connectivity index (χ1) is 14.8. The number of esters is 1. The van der Waals surface area contributed by atoms with Crippen LogP contribution in [-0.2, 0) is 16.0 Å². The Hall–Kier alpha value is -3.22. The average Bonchev–Trinajstić information content (AvgIpc) is 3.31. The molecule has 3 heterocycles. The third kappa shape index (κ3) is 3.80. The summed E-state index contributed by atoms with van der Waals surface area (Å²) in [7, 11) is 0. The first-order valence-corrected chi connectivity index (χ1v) is 10.7. The zero-order valence-corrected chi connectivity index (χ0v) is 18.6. The van der Waals surface area contributed by atoms with Crippen LogP contribution in [0.1, 0.15) is 68.2 Å². The van der Waals surface area contributed by atoms with Gasteiger partial charge in [0.05, 0.1) is 17.1 Å². The van der Waals surface area contributed by atoms with Crippen LogP contribution in [0, 0.1) is 0 Å². The van der Waals surface area contributed by atoms with E-state index < -0.39 is 5.97 Å². The molecule has 0 saturated carbocycles. The van der Waals surface area contributed by atoms with Crippen LogP contribution in [0.2, 0.25) is 0 Å². The quantitative estimate of drug-likeness (QED) is 0.576. The molecule has 4 rings (SSSR count). The number of pyridine rings is 1. The number of carbonyl (C=O) groups excluding carboxylic acids is 2. The number of rotatable bonds is 5. The van der Waals surface area contributed by atoms with Crippen LogP contribution in [0.5, 0.6) is 0 Å². The topological polar surface area (TPSA) is 77.3 Å². The highest BCUT2D eigenvalue weighted by Gasteiger charge is 2.31. The normalized spacial score (nSPS) is 15.7. The standard InChI is InChI=1S/C24H28N4O3/c1-14(2)20-11-18(19-12-25-28(15(3)4)23(19)26-20)24(30)31-13-22(29)27-16(5)10-17-8-6-7-9-21(17)27/h6-9,11-12,14-16H,10,13H2,1-5H3/t16-/m0/s1. The van der Waals surface area contributed by atoms with Gasteiger partial charge in [0.25, 0.3) is 5.91 Å². The zero-order valence-electron chi connectivity index (χ0n) is 18.6. The first-order valence-electron chi connectivity index (χ1n) is 10.7. The van der Waals surface area contributed by atoms with Gasteiger partial charge in [0, 0.05) is 23.5 Å². The van der Waals surface area contributed by atoms with E-state index in [2.05, 4.69) is 5.10 Å². The van der Waals surface area contributed by atoms with Gasteiger partial charge < -0.3 is 9.64 Å². The van der Waals surface area contributed by atoms with Crippen molar-refractivity contribution in [2.45, 2.75) is 59.0 Å². The molecule has 2 aromatic heterocycles. The van der Waals surface area contributed by atoms with Gasteiger partial charge in [-0.2, -0.15) is 5.10 Å². The van der Waals surface area contributed by atoms with Gasteiger partial charge in [-0.1, -0.05) is 32.0 Å². The molecular formula is C24H28N4O3. The summed E-state index contributed by atoms with van der Waals surface area (Å²) in [6.07, 6.45) is 2.44. The molecule has 31 heavy (non-hydrogen) atoms. The Kier molecular flexibility index (Phi) is 5.52. The van der Waals surface area contributed by atoms with Crippen molar-refractivity contribution in [3.63, 3.8) is 0 Å². The van der Waals surface area contributed by atoms with Crippen LogP contribution in [0.4, 0.5) is 5.69 Å². The van der Waals surface area contributed by atoms with Gasteiger partial charge in [-0.3, -0.25) is 4.79 Å². The predicted octanol–water partition coefficient (Wildman–Crippen LogP) is 4.27. The number of ether oxygens (including phenoxy) is 1. The minimum Gasteiger partial charge on any atom is -0.452 e. The Labute approximate surface area is 182 Å². The Bertz CT molecular complexity index is 1150. The number of hydrogen-bond donors (Lipinski definition) is 0. The maximum atomic E-state index is 13.0. The Morgan fingerprint density at radius 3 is 2.65 bits per heavy atom. The van der Waals surface area contributed by atoms with E-state index in [0.29, 0.717) is 16.6 Å². The minimum absolute atomic E-state index is 0.0352. The number of para-hydroxylation sites is 1. The molecule has 0 unspecified atom stereocenters. The molecule has 1 amide bonds. The van der Waals surface area contributed by atoms with Crippen LogP contribution < -0.4 is 4.90 Å². The molecule has 0 spiro atoms. The third-order valence-corrected chi connectivity index (χ3v) is 5.69. The van der Waals surface area contributed by atoms with E-state index in [4.69, 9.17) is 9.72 Å². The molecule has 7 nitrogen and oxygen atoms in total. The van der Waals surface area contributed by atoms with Crippen molar-refractivity contribution >= 4 is 28.6 Å². The lowest BCUT2D eigenvalue weighted by Crippen LogP contribution is -2.38. The van der Waals surface area contributed by atoms with Gasteiger partial charge >= 0.3 is 5.97 Å². The molecule has 1 aromatic carbocycles. The lowest BCUT2D eigenvalue weighted by molar-refractivity contribution is -0.122. The van der Waals surface area contributed by atoms with Gasteiger partial charge in [0.2, 0.25) is 0 Å². The number of hydrogen-bond acceptors (Lipinski definition) is 5.